The summed E-state index contributed by atoms with van der Waals surface area (Å²) in [4.78, 5) is 5.55. The van der Waals surface area contributed by atoms with Crippen LogP contribution in [0.25, 0.3) is 10.6 Å². The molecule has 0 radical (unpaired) electrons. The van der Waals surface area contributed by atoms with Crippen LogP contribution in [0.2, 0.25) is 0 Å². The molecule has 2 aromatic rings. The Morgan fingerprint density at radius 2 is 2.22 bits per heavy atom. The normalized spacial score (nSPS) is 11.2. The molecule has 1 aromatic heterocycles. The van der Waals surface area contributed by atoms with Crippen LogP contribution in [0, 0.1) is 5.82 Å². The highest BCUT2D eigenvalue weighted by Crippen LogP contribution is 2.28. The van der Waals surface area contributed by atoms with Crippen LogP contribution in [0.4, 0.5) is 4.39 Å². The van der Waals surface area contributed by atoms with Crippen LogP contribution in [0.1, 0.15) is 18.7 Å². The third kappa shape index (κ3) is 3.37. The molecule has 1 N–H and O–H groups in total. The second-order valence-electron chi connectivity index (χ2n) is 4.30. The van der Waals surface area contributed by atoms with E-state index in [9.17, 15) is 4.39 Å². The third-order valence-corrected chi connectivity index (χ3v) is 4.06. The third-order valence-electron chi connectivity index (χ3n) is 2.40. The van der Waals surface area contributed by atoms with Crippen LogP contribution in [-0.4, -0.2) is 11.0 Å². The topological polar surface area (TPSA) is 24.9 Å². The van der Waals surface area contributed by atoms with Gasteiger partial charge in [0.1, 0.15) is 10.8 Å². The molecule has 0 bridgehead atoms. The predicted molar refractivity (Wildman–Crippen MR) is 77.2 cm³/mol. The molecular formula is C13H14BrFN2S. The van der Waals surface area contributed by atoms with E-state index in [-0.39, 0.29) is 5.82 Å². The molecule has 0 aliphatic carbocycles. The maximum atomic E-state index is 13.2. The minimum Gasteiger partial charge on any atom is -0.310 e. The number of nitrogens with zero attached hydrogens (tertiary/aromatic N) is 1. The number of thiazole rings is 1. The van der Waals surface area contributed by atoms with Crippen LogP contribution in [0.3, 0.4) is 0 Å². The largest absolute Gasteiger partial charge is 0.310 e. The Hall–Kier alpha value is -0.780. The van der Waals surface area contributed by atoms with Crippen molar-refractivity contribution in [2.45, 2.75) is 26.4 Å². The summed E-state index contributed by atoms with van der Waals surface area (Å²) < 4.78 is 13.6. The highest BCUT2D eigenvalue weighted by molar-refractivity contribution is 9.10. The molecule has 0 saturated carbocycles. The summed E-state index contributed by atoms with van der Waals surface area (Å²) in [7, 11) is 0. The van der Waals surface area contributed by atoms with E-state index in [4.69, 9.17) is 0 Å². The first kappa shape index (κ1) is 13.6. The summed E-state index contributed by atoms with van der Waals surface area (Å²) in [5.41, 5.74) is 0.934. The molecule has 96 valence electrons. The van der Waals surface area contributed by atoms with Gasteiger partial charge in [-0.25, -0.2) is 9.37 Å². The molecule has 0 saturated heterocycles. The first-order valence-corrected chi connectivity index (χ1v) is 7.30. The Balaban J connectivity index is 2.16. The summed E-state index contributed by atoms with van der Waals surface area (Å²) in [6, 6.07) is 5.41. The molecule has 0 atom stereocenters. The molecule has 0 spiro atoms. The van der Waals surface area contributed by atoms with Gasteiger partial charge in [0.15, 0.2) is 0 Å². The summed E-state index contributed by atoms with van der Waals surface area (Å²) >= 11 is 4.82. The number of hydrogen-bond donors (Lipinski definition) is 1. The minimum absolute atomic E-state index is 0.253. The molecule has 1 aromatic carbocycles. The smallest absolute Gasteiger partial charge is 0.137 e. The summed E-state index contributed by atoms with van der Waals surface area (Å²) in [5.74, 6) is -0.253. The van der Waals surface area contributed by atoms with E-state index in [1.807, 2.05) is 6.20 Å². The first-order chi connectivity index (χ1) is 8.56. The van der Waals surface area contributed by atoms with Crippen molar-refractivity contribution in [3.63, 3.8) is 0 Å². The molecule has 0 amide bonds. The van der Waals surface area contributed by atoms with Crippen molar-refractivity contribution in [3.05, 3.63) is 39.6 Å². The molecular weight excluding hydrogens is 315 g/mol. The van der Waals surface area contributed by atoms with Crippen molar-refractivity contribution in [2.75, 3.05) is 0 Å². The van der Waals surface area contributed by atoms with Gasteiger partial charge in [0.25, 0.3) is 0 Å². The van der Waals surface area contributed by atoms with Crippen molar-refractivity contribution >= 4 is 27.3 Å². The predicted octanol–water partition coefficient (Wildman–Crippen LogP) is 4.21. The van der Waals surface area contributed by atoms with Gasteiger partial charge in [0, 0.05) is 29.2 Å². The van der Waals surface area contributed by atoms with E-state index >= 15 is 0 Å². The second kappa shape index (κ2) is 5.91. The van der Waals surface area contributed by atoms with E-state index in [1.54, 1.807) is 23.5 Å². The van der Waals surface area contributed by atoms with E-state index in [2.05, 4.69) is 40.1 Å². The summed E-state index contributed by atoms with van der Waals surface area (Å²) in [6.07, 6.45) is 1.87. The van der Waals surface area contributed by atoms with Gasteiger partial charge in [-0.15, -0.1) is 11.3 Å². The molecule has 0 aliphatic rings. The lowest BCUT2D eigenvalue weighted by atomic mass is 10.2. The average Bonchev–Trinajstić information content (AvgIpc) is 2.79. The van der Waals surface area contributed by atoms with Crippen LogP contribution in [-0.2, 0) is 6.54 Å². The Morgan fingerprint density at radius 1 is 1.44 bits per heavy atom. The van der Waals surface area contributed by atoms with Crippen molar-refractivity contribution in [3.8, 4) is 10.6 Å². The Kier molecular flexibility index (Phi) is 4.48. The maximum absolute atomic E-state index is 13.2. The number of aromatic nitrogens is 1. The monoisotopic (exact) mass is 328 g/mol. The van der Waals surface area contributed by atoms with E-state index < -0.39 is 0 Å². The van der Waals surface area contributed by atoms with E-state index in [0.717, 1.165) is 17.1 Å². The fourth-order valence-corrected chi connectivity index (χ4v) is 2.69. The second-order valence-corrected chi connectivity index (χ2v) is 6.27. The molecule has 2 nitrogen and oxygen atoms in total. The maximum Gasteiger partial charge on any atom is 0.137 e. The SMILES string of the molecule is CC(C)NCc1cnc(-c2ccc(F)c(Br)c2)s1. The lowest BCUT2D eigenvalue weighted by molar-refractivity contribution is 0.593. The molecule has 0 fully saturated rings. The van der Waals surface area contributed by atoms with Gasteiger partial charge in [-0.1, -0.05) is 13.8 Å². The molecule has 0 unspecified atom stereocenters. The molecule has 0 aliphatic heterocycles. The standard InChI is InChI=1S/C13H14BrFN2S/c1-8(2)16-6-10-7-17-13(18-10)9-3-4-12(15)11(14)5-9/h3-5,7-8,16H,6H2,1-2H3. The molecule has 2 rings (SSSR count). The van der Waals surface area contributed by atoms with Gasteiger partial charge in [0.05, 0.1) is 4.47 Å². The fraction of sp³-hybridized carbons (Fsp3) is 0.308. The van der Waals surface area contributed by atoms with Crippen LogP contribution < -0.4 is 5.32 Å². The highest BCUT2D eigenvalue weighted by atomic mass is 79.9. The van der Waals surface area contributed by atoms with Crippen molar-refractivity contribution < 1.29 is 4.39 Å². The fourth-order valence-electron chi connectivity index (χ4n) is 1.46. The first-order valence-electron chi connectivity index (χ1n) is 5.70. The lowest BCUT2D eigenvalue weighted by Gasteiger charge is -2.04. The van der Waals surface area contributed by atoms with Crippen LogP contribution in [0.15, 0.2) is 28.9 Å². The zero-order valence-corrected chi connectivity index (χ0v) is 12.6. The van der Waals surface area contributed by atoms with Crippen molar-refractivity contribution in [1.29, 1.82) is 0 Å². The number of halogens is 2. The van der Waals surface area contributed by atoms with Crippen LogP contribution >= 0.6 is 27.3 Å². The number of nitrogens with one attached hydrogen (secondary N) is 1. The Bertz CT molecular complexity index is 540. The van der Waals surface area contributed by atoms with E-state index in [0.29, 0.717) is 10.5 Å². The van der Waals surface area contributed by atoms with Gasteiger partial charge in [-0.3, -0.25) is 0 Å². The molecule has 1 heterocycles. The number of rotatable bonds is 4. The van der Waals surface area contributed by atoms with Crippen molar-refractivity contribution in [1.82, 2.24) is 10.3 Å². The van der Waals surface area contributed by atoms with Gasteiger partial charge < -0.3 is 5.32 Å². The number of benzene rings is 1. The average molecular weight is 329 g/mol. The summed E-state index contributed by atoms with van der Waals surface area (Å²) in [6.45, 7) is 5.04. The Labute approximate surface area is 118 Å². The molecule has 18 heavy (non-hydrogen) atoms. The quantitative estimate of drug-likeness (QED) is 0.909. The van der Waals surface area contributed by atoms with Gasteiger partial charge in [0.2, 0.25) is 0 Å². The zero-order chi connectivity index (χ0) is 13.1. The minimum atomic E-state index is -0.253. The lowest BCUT2D eigenvalue weighted by Crippen LogP contribution is -2.21. The van der Waals surface area contributed by atoms with E-state index in [1.165, 1.54) is 10.9 Å². The zero-order valence-electron chi connectivity index (χ0n) is 10.2. The number of hydrogen-bond acceptors (Lipinski definition) is 3. The van der Waals surface area contributed by atoms with Crippen molar-refractivity contribution in [2.24, 2.45) is 0 Å². The van der Waals surface area contributed by atoms with Gasteiger partial charge in [-0.05, 0) is 34.1 Å². The van der Waals surface area contributed by atoms with Gasteiger partial charge >= 0.3 is 0 Å². The highest BCUT2D eigenvalue weighted by Gasteiger charge is 2.07. The van der Waals surface area contributed by atoms with Crippen LogP contribution in [0.5, 0.6) is 0 Å². The Morgan fingerprint density at radius 3 is 2.89 bits per heavy atom. The van der Waals surface area contributed by atoms with Gasteiger partial charge in [-0.2, -0.15) is 0 Å². The summed E-state index contributed by atoms with van der Waals surface area (Å²) in [5, 5.41) is 4.26. The molecule has 5 heteroatoms.